The molecule has 0 saturated carbocycles. The molecule has 3 atom stereocenters. The molecule has 5 heteroatoms. The van der Waals surface area contributed by atoms with E-state index < -0.39 is 6.04 Å². The highest BCUT2D eigenvalue weighted by Gasteiger charge is 2.46. The molecule has 5 rings (SSSR count). The number of allylic oxidation sites excluding steroid dienone is 1. The van der Waals surface area contributed by atoms with Crippen molar-refractivity contribution in [2.45, 2.75) is 71.4 Å². The van der Waals surface area contributed by atoms with Crippen LogP contribution in [0, 0.1) is 12.8 Å². The number of rotatable bonds is 8. The van der Waals surface area contributed by atoms with Gasteiger partial charge < -0.3 is 15.2 Å². The van der Waals surface area contributed by atoms with Crippen molar-refractivity contribution in [1.82, 2.24) is 15.2 Å². The third kappa shape index (κ3) is 4.36. The second-order valence-corrected chi connectivity index (χ2v) is 10.4. The van der Waals surface area contributed by atoms with Crippen molar-refractivity contribution in [3.63, 3.8) is 0 Å². The van der Waals surface area contributed by atoms with E-state index in [-0.39, 0.29) is 23.8 Å². The number of carbonyl (C=O) groups is 2. The van der Waals surface area contributed by atoms with Gasteiger partial charge in [0.25, 0.3) is 5.91 Å². The molecular weight excluding hydrogens is 446 g/mol. The van der Waals surface area contributed by atoms with Crippen LogP contribution in [0.1, 0.15) is 85.6 Å². The van der Waals surface area contributed by atoms with Gasteiger partial charge in [0.05, 0.1) is 6.04 Å². The van der Waals surface area contributed by atoms with E-state index >= 15 is 0 Å². The van der Waals surface area contributed by atoms with Crippen molar-refractivity contribution in [1.29, 1.82) is 0 Å². The van der Waals surface area contributed by atoms with Gasteiger partial charge in [-0.2, -0.15) is 0 Å². The zero-order valence-electron chi connectivity index (χ0n) is 21.6. The molecule has 1 aromatic heterocycles. The van der Waals surface area contributed by atoms with Gasteiger partial charge in [-0.05, 0) is 62.6 Å². The summed E-state index contributed by atoms with van der Waals surface area (Å²) in [5.74, 6) is -0.0923. The van der Waals surface area contributed by atoms with Crippen molar-refractivity contribution in [3.05, 3.63) is 82.6 Å². The van der Waals surface area contributed by atoms with Gasteiger partial charge in [0, 0.05) is 34.3 Å². The average molecular weight is 484 g/mol. The van der Waals surface area contributed by atoms with Crippen LogP contribution in [-0.4, -0.2) is 34.3 Å². The van der Waals surface area contributed by atoms with E-state index in [0.717, 1.165) is 53.4 Å². The van der Waals surface area contributed by atoms with Gasteiger partial charge in [-0.25, -0.2) is 0 Å². The molecule has 3 unspecified atom stereocenters. The highest BCUT2D eigenvalue weighted by molar-refractivity contribution is 6.03. The second kappa shape index (κ2) is 10.3. The molecule has 0 fully saturated rings. The standard InChI is InChI=1S/C31H37N3O2/c1-4-20(2)28(30(35)32-19-18-22-12-6-5-7-13-22)34-29(23-14-8-9-15-24(23)31(34)36)27-21(3)33-26-17-11-10-16-25(26)27/h8-12,14-17,20,28-29,33H,4-7,13,18-19H2,1-3H3,(H,32,35). The first-order valence-corrected chi connectivity index (χ1v) is 13.5. The van der Waals surface area contributed by atoms with Crippen LogP contribution in [0.15, 0.2) is 60.2 Å². The van der Waals surface area contributed by atoms with E-state index in [1.54, 1.807) is 0 Å². The number of aryl methyl sites for hydroxylation is 1. The zero-order chi connectivity index (χ0) is 25.2. The van der Waals surface area contributed by atoms with Crippen molar-refractivity contribution in [2.24, 2.45) is 5.92 Å². The second-order valence-electron chi connectivity index (χ2n) is 10.4. The van der Waals surface area contributed by atoms with Crippen LogP contribution in [-0.2, 0) is 4.79 Å². The average Bonchev–Trinajstić information content (AvgIpc) is 3.37. The quantitative estimate of drug-likeness (QED) is 0.362. The van der Waals surface area contributed by atoms with Gasteiger partial charge in [-0.15, -0.1) is 0 Å². The minimum atomic E-state index is -0.548. The Labute approximate surface area is 214 Å². The van der Waals surface area contributed by atoms with E-state index in [4.69, 9.17) is 0 Å². The number of H-pyrrole nitrogens is 1. The van der Waals surface area contributed by atoms with Gasteiger partial charge in [0.1, 0.15) is 6.04 Å². The van der Waals surface area contributed by atoms with Crippen LogP contribution in [0.2, 0.25) is 0 Å². The Balaban J connectivity index is 1.52. The Hall–Kier alpha value is -3.34. The molecule has 2 aromatic carbocycles. The fourth-order valence-corrected chi connectivity index (χ4v) is 6.03. The van der Waals surface area contributed by atoms with E-state index in [2.05, 4.69) is 49.3 Å². The number of aromatic amines is 1. The number of hydrogen-bond acceptors (Lipinski definition) is 2. The SMILES string of the molecule is CCC(C)C(C(=O)NCCC1=CCCCC1)N1C(=O)c2ccccc2C1c1c(C)[nH]c2ccccc12. The fourth-order valence-electron chi connectivity index (χ4n) is 6.03. The molecule has 3 aromatic rings. The van der Waals surface area contributed by atoms with Gasteiger partial charge >= 0.3 is 0 Å². The normalized spacial score (nSPS) is 19.2. The highest BCUT2D eigenvalue weighted by Crippen LogP contribution is 2.44. The van der Waals surface area contributed by atoms with Crippen LogP contribution in [0.5, 0.6) is 0 Å². The summed E-state index contributed by atoms with van der Waals surface area (Å²) in [5, 5.41) is 4.30. The Bertz CT molecular complexity index is 1300. The Kier molecular flexibility index (Phi) is 6.99. The molecule has 0 bridgehead atoms. The van der Waals surface area contributed by atoms with Gasteiger partial charge in [-0.3, -0.25) is 9.59 Å². The summed E-state index contributed by atoms with van der Waals surface area (Å²) in [7, 11) is 0. The molecule has 1 aliphatic heterocycles. The van der Waals surface area contributed by atoms with Crippen molar-refractivity contribution in [2.75, 3.05) is 6.54 Å². The Morgan fingerprint density at radius 2 is 1.92 bits per heavy atom. The van der Waals surface area contributed by atoms with E-state index in [9.17, 15) is 9.59 Å². The van der Waals surface area contributed by atoms with Crippen molar-refractivity contribution in [3.8, 4) is 0 Å². The lowest BCUT2D eigenvalue weighted by Gasteiger charge is -2.36. The minimum Gasteiger partial charge on any atom is -0.358 e. The third-order valence-electron chi connectivity index (χ3n) is 8.10. The summed E-state index contributed by atoms with van der Waals surface area (Å²) in [6, 6.07) is 15.2. The summed E-state index contributed by atoms with van der Waals surface area (Å²) in [6.07, 6.45) is 8.80. The number of nitrogens with one attached hydrogen (secondary N) is 2. The van der Waals surface area contributed by atoms with Crippen LogP contribution in [0.4, 0.5) is 0 Å². The fraction of sp³-hybridized carbons (Fsp3) is 0.419. The first-order chi connectivity index (χ1) is 17.5. The number of nitrogens with zero attached hydrogens (tertiary/aromatic N) is 1. The minimum absolute atomic E-state index is 0.0187. The number of para-hydroxylation sites is 1. The molecule has 2 amide bonds. The van der Waals surface area contributed by atoms with Gasteiger partial charge in [0.15, 0.2) is 0 Å². The Morgan fingerprint density at radius 1 is 1.14 bits per heavy atom. The lowest BCUT2D eigenvalue weighted by molar-refractivity contribution is -0.127. The summed E-state index contributed by atoms with van der Waals surface area (Å²) in [4.78, 5) is 33.1. The summed E-state index contributed by atoms with van der Waals surface area (Å²) >= 11 is 0. The molecule has 1 aliphatic carbocycles. The number of benzene rings is 2. The van der Waals surface area contributed by atoms with E-state index in [1.807, 2.05) is 41.3 Å². The molecule has 2 N–H and O–H groups in total. The summed E-state index contributed by atoms with van der Waals surface area (Å²) in [5.41, 5.74) is 6.27. The largest absolute Gasteiger partial charge is 0.358 e. The van der Waals surface area contributed by atoms with Crippen LogP contribution >= 0.6 is 0 Å². The molecule has 188 valence electrons. The molecule has 0 spiro atoms. The van der Waals surface area contributed by atoms with Gasteiger partial charge in [-0.1, -0.05) is 68.3 Å². The van der Waals surface area contributed by atoms with Gasteiger partial charge in [0.2, 0.25) is 5.91 Å². The summed E-state index contributed by atoms with van der Waals surface area (Å²) in [6.45, 7) is 6.86. The zero-order valence-corrected chi connectivity index (χ0v) is 21.6. The Morgan fingerprint density at radius 3 is 2.69 bits per heavy atom. The molecule has 5 nitrogen and oxygen atoms in total. The van der Waals surface area contributed by atoms with Crippen LogP contribution in [0.25, 0.3) is 10.9 Å². The van der Waals surface area contributed by atoms with Crippen LogP contribution < -0.4 is 5.32 Å². The molecule has 36 heavy (non-hydrogen) atoms. The highest BCUT2D eigenvalue weighted by atomic mass is 16.2. The summed E-state index contributed by atoms with van der Waals surface area (Å²) < 4.78 is 0. The number of fused-ring (bicyclic) bond motifs is 2. The third-order valence-corrected chi connectivity index (χ3v) is 8.10. The smallest absolute Gasteiger partial charge is 0.255 e. The van der Waals surface area contributed by atoms with Crippen LogP contribution in [0.3, 0.4) is 0 Å². The van der Waals surface area contributed by atoms with E-state index in [1.165, 1.54) is 18.4 Å². The lowest BCUT2D eigenvalue weighted by atomic mass is 9.91. The predicted molar refractivity (Wildman–Crippen MR) is 145 cm³/mol. The molecule has 2 aliphatic rings. The monoisotopic (exact) mass is 483 g/mol. The maximum atomic E-state index is 14.0. The number of aromatic nitrogens is 1. The first-order valence-electron chi connectivity index (χ1n) is 13.5. The molecule has 0 saturated heterocycles. The number of carbonyl (C=O) groups excluding carboxylic acids is 2. The maximum absolute atomic E-state index is 14.0. The molecule has 2 heterocycles. The first kappa shape index (κ1) is 24.4. The predicted octanol–water partition coefficient (Wildman–Crippen LogP) is 6.44. The number of hydrogen-bond donors (Lipinski definition) is 2. The molecular formula is C31H37N3O2. The topological polar surface area (TPSA) is 65.2 Å². The number of amides is 2. The molecule has 0 radical (unpaired) electrons. The van der Waals surface area contributed by atoms with E-state index in [0.29, 0.717) is 12.1 Å². The van der Waals surface area contributed by atoms with Crippen molar-refractivity contribution >= 4 is 22.7 Å². The lowest BCUT2D eigenvalue weighted by Crippen LogP contribution is -2.52. The van der Waals surface area contributed by atoms with Crippen molar-refractivity contribution < 1.29 is 9.59 Å². The maximum Gasteiger partial charge on any atom is 0.255 e.